The molecule has 38 heavy (non-hydrogen) atoms. The average Bonchev–Trinajstić information content (AvgIpc) is 2.92. The second-order valence-electron chi connectivity index (χ2n) is 8.80. The summed E-state index contributed by atoms with van der Waals surface area (Å²) >= 11 is 0. The van der Waals surface area contributed by atoms with Crippen LogP contribution in [0.3, 0.4) is 0 Å². The fourth-order valence-electron chi connectivity index (χ4n) is 4.24. The molecule has 0 atom stereocenters. The maximum atomic E-state index is 15.3. The van der Waals surface area contributed by atoms with Crippen LogP contribution in [0, 0.1) is 24.6 Å². The molecule has 0 saturated carbocycles. The summed E-state index contributed by atoms with van der Waals surface area (Å²) in [6, 6.07) is 7.80. The number of nitrogen functional groups attached to an aromatic ring is 1. The molecular weight excluding hydrogens is 507 g/mol. The lowest BCUT2D eigenvalue weighted by Crippen LogP contribution is -2.51. The highest BCUT2D eigenvalue weighted by atomic mass is 32.2. The van der Waals surface area contributed by atoms with Gasteiger partial charge in [0.25, 0.3) is 5.91 Å². The van der Waals surface area contributed by atoms with E-state index >= 15 is 4.39 Å². The molecule has 0 aliphatic carbocycles. The van der Waals surface area contributed by atoms with Crippen molar-refractivity contribution < 1.29 is 17.6 Å². The van der Waals surface area contributed by atoms with Crippen molar-refractivity contribution >= 4 is 21.7 Å². The third kappa shape index (κ3) is 5.66. The minimum atomic E-state index is -3.33. The third-order valence-corrected chi connectivity index (χ3v) is 8.33. The molecule has 1 aromatic carbocycles. The first-order chi connectivity index (χ1) is 18.1. The van der Waals surface area contributed by atoms with E-state index in [1.54, 1.807) is 25.1 Å². The summed E-state index contributed by atoms with van der Waals surface area (Å²) in [5.41, 5.74) is 9.25. The molecule has 1 aliphatic heterocycles. The molecule has 0 unspecified atom stereocenters. The number of hydrogen-bond acceptors (Lipinski definition) is 7. The van der Waals surface area contributed by atoms with Gasteiger partial charge < -0.3 is 10.6 Å². The Morgan fingerprint density at radius 3 is 2.45 bits per heavy atom. The molecule has 9 nitrogen and oxygen atoms in total. The minimum absolute atomic E-state index is 0.00264. The molecule has 2 aromatic heterocycles. The van der Waals surface area contributed by atoms with Crippen LogP contribution in [0.5, 0.6) is 0 Å². The molecule has 0 bridgehead atoms. The molecule has 4 rings (SSSR count). The van der Waals surface area contributed by atoms with Gasteiger partial charge in [0.2, 0.25) is 10.0 Å². The van der Waals surface area contributed by atoms with Gasteiger partial charge in [-0.1, -0.05) is 24.8 Å². The number of hydrogen-bond donors (Lipinski definition) is 1. The van der Waals surface area contributed by atoms with E-state index in [0.717, 1.165) is 0 Å². The van der Waals surface area contributed by atoms with Gasteiger partial charge >= 0.3 is 0 Å². The number of rotatable bonds is 5. The van der Waals surface area contributed by atoms with E-state index in [1.165, 1.54) is 27.7 Å². The number of sulfonamides is 1. The Morgan fingerprint density at radius 2 is 1.82 bits per heavy atom. The second kappa shape index (κ2) is 11.2. The summed E-state index contributed by atoms with van der Waals surface area (Å²) in [5.74, 6) is 5.47. The van der Waals surface area contributed by atoms with E-state index in [1.807, 2.05) is 13.8 Å². The molecule has 3 aromatic rings. The lowest BCUT2D eigenvalue weighted by Gasteiger charge is -2.33. The topological polar surface area (TPSA) is 122 Å². The Hall–Kier alpha value is -3.88. The highest BCUT2D eigenvalue weighted by Crippen LogP contribution is 2.26. The van der Waals surface area contributed by atoms with Crippen LogP contribution in [0.1, 0.15) is 46.7 Å². The van der Waals surface area contributed by atoms with Gasteiger partial charge in [0.1, 0.15) is 18.0 Å². The smallest absolute Gasteiger partial charge is 0.256 e. The summed E-state index contributed by atoms with van der Waals surface area (Å²) < 4.78 is 40.8. The number of halogens is 1. The van der Waals surface area contributed by atoms with Gasteiger partial charge in [0.15, 0.2) is 0 Å². The number of benzene rings is 1. The maximum Gasteiger partial charge on any atom is 0.256 e. The maximum absolute atomic E-state index is 15.3. The molecule has 1 saturated heterocycles. The number of aromatic nitrogens is 3. The van der Waals surface area contributed by atoms with Gasteiger partial charge in [-0.25, -0.2) is 27.8 Å². The Bertz CT molecular complexity index is 1540. The van der Waals surface area contributed by atoms with E-state index in [4.69, 9.17) is 5.73 Å². The zero-order valence-corrected chi connectivity index (χ0v) is 22.3. The van der Waals surface area contributed by atoms with Crippen LogP contribution in [-0.2, 0) is 16.4 Å². The van der Waals surface area contributed by atoms with Crippen LogP contribution < -0.4 is 5.73 Å². The first kappa shape index (κ1) is 27.2. The molecule has 198 valence electrons. The minimum Gasteiger partial charge on any atom is -0.384 e. The predicted octanol–water partition coefficient (Wildman–Crippen LogP) is 2.64. The van der Waals surface area contributed by atoms with Crippen molar-refractivity contribution in [1.29, 1.82) is 0 Å². The van der Waals surface area contributed by atoms with E-state index in [-0.39, 0.29) is 37.5 Å². The van der Waals surface area contributed by atoms with Crippen LogP contribution in [0.4, 0.5) is 10.2 Å². The van der Waals surface area contributed by atoms with E-state index in [0.29, 0.717) is 46.0 Å². The Morgan fingerprint density at radius 1 is 1.08 bits per heavy atom. The second-order valence-corrected chi connectivity index (χ2v) is 11.1. The summed E-state index contributed by atoms with van der Waals surface area (Å²) in [6.07, 6.45) is 2.01. The van der Waals surface area contributed by atoms with Gasteiger partial charge in [-0.2, -0.15) is 4.31 Å². The van der Waals surface area contributed by atoms with E-state index in [2.05, 4.69) is 26.8 Å². The van der Waals surface area contributed by atoms with Crippen LogP contribution in [0.25, 0.3) is 11.3 Å². The number of aryl methyl sites for hydroxylation is 2. The van der Waals surface area contributed by atoms with Gasteiger partial charge in [-0.05, 0) is 44.5 Å². The number of carbonyl (C=O) groups excluding carboxylic acids is 1. The zero-order chi connectivity index (χ0) is 27.4. The quantitative estimate of drug-likeness (QED) is 0.498. The number of piperazine rings is 1. The van der Waals surface area contributed by atoms with E-state index < -0.39 is 21.7 Å². The summed E-state index contributed by atoms with van der Waals surface area (Å²) in [6.45, 7) is 6.12. The zero-order valence-electron chi connectivity index (χ0n) is 21.5. The van der Waals surface area contributed by atoms with Crippen molar-refractivity contribution in [2.75, 3.05) is 37.7 Å². The predicted molar refractivity (Wildman–Crippen MR) is 143 cm³/mol. The molecule has 1 aliphatic rings. The number of nitrogens with zero attached hydrogens (tertiary/aromatic N) is 5. The van der Waals surface area contributed by atoms with Crippen molar-refractivity contribution in [3.63, 3.8) is 0 Å². The molecular formula is C27H29FN6O3S. The van der Waals surface area contributed by atoms with Gasteiger partial charge in [-0.3, -0.25) is 4.79 Å². The normalized spacial score (nSPS) is 14.2. The molecule has 3 heterocycles. The highest BCUT2D eigenvalue weighted by Gasteiger charge is 2.29. The first-order valence-corrected chi connectivity index (χ1v) is 13.9. The van der Waals surface area contributed by atoms with Crippen molar-refractivity contribution in [3.05, 3.63) is 70.6 Å². The van der Waals surface area contributed by atoms with E-state index in [9.17, 15) is 13.2 Å². The van der Waals surface area contributed by atoms with Crippen molar-refractivity contribution in [1.82, 2.24) is 24.2 Å². The molecule has 1 fully saturated rings. The van der Waals surface area contributed by atoms with Gasteiger partial charge in [0, 0.05) is 37.3 Å². The lowest BCUT2D eigenvalue weighted by molar-refractivity contribution is 0.0693. The Labute approximate surface area is 222 Å². The van der Waals surface area contributed by atoms with Crippen molar-refractivity contribution in [2.45, 2.75) is 27.2 Å². The summed E-state index contributed by atoms with van der Waals surface area (Å²) in [5, 5.41) is 0. The van der Waals surface area contributed by atoms with Crippen molar-refractivity contribution in [2.24, 2.45) is 0 Å². The molecule has 1 amide bonds. The van der Waals surface area contributed by atoms with Crippen LogP contribution >= 0.6 is 0 Å². The fraction of sp³-hybridized carbons (Fsp3) is 0.333. The number of anilines is 1. The molecule has 0 spiro atoms. The molecule has 11 heteroatoms. The number of carbonyl (C=O) groups is 1. The number of nitrogens with two attached hydrogens (primary N) is 1. The number of pyridine rings is 1. The highest BCUT2D eigenvalue weighted by molar-refractivity contribution is 7.89. The Balaban J connectivity index is 1.62. The van der Waals surface area contributed by atoms with Gasteiger partial charge in [-0.15, -0.1) is 0 Å². The summed E-state index contributed by atoms with van der Waals surface area (Å²) in [7, 11) is -3.33. The van der Waals surface area contributed by atoms with Crippen LogP contribution in [-0.4, -0.2) is 70.4 Å². The number of amides is 1. The largest absolute Gasteiger partial charge is 0.384 e. The third-order valence-electron chi connectivity index (χ3n) is 6.45. The van der Waals surface area contributed by atoms with Crippen molar-refractivity contribution in [3.8, 4) is 23.1 Å². The van der Waals surface area contributed by atoms with Crippen LogP contribution in [0.2, 0.25) is 0 Å². The SMILES string of the molecule is CCc1ncnc(-c2ccc(C(=O)N3CCN(S(=O)(=O)CC)CC3)c(F)c2)c1C#Cc1ccc(N)nc1C. The molecule has 2 N–H and O–H groups in total. The average molecular weight is 537 g/mol. The Kier molecular flexibility index (Phi) is 8.04. The molecule has 0 radical (unpaired) electrons. The lowest BCUT2D eigenvalue weighted by atomic mass is 10.0. The summed E-state index contributed by atoms with van der Waals surface area (Å²) in [4.78, 5) is 27.5. The van der Waals surface area contributed by atoms with Crippen LogP contribution in [0.15, 0.2) is 36.7 Å². The standard InChI is InChI=1S/C27H29FN6O3S/c1-4-24-22(10-6-19-8-11-25(29)32-18(19)3)26(31-17-30-24)20-7-9-21(23(28)16-20)27(35)33-12-14-34(15-13-33)38(36,37)5-2/h7-9,11,16-17H,4-5,12-15H2,1-3H3,(H2,29,32). The fourth-order valence-corrected chi connectivity index (χ4v) is 5.33. The van der Waals surface area contributed by atoms with Gasteiger partial charge in [0.05, 0.1) is 34.0 Å². The monoisotopic (exact) mass is 536 g/mol. The first-order valence-electron chi connectivity index (χ1n) is 12.3.